The number of esters is 1. The molecule has 0 aromatic heterocycles. The van der Waals surface area contributed by atoms with Crippen molar-refractivity contribution in [3.8, 4) is 11.5 Å². The number of aromatic hydroxyl groups is 1. The third-order valence-electron chi connectivity index (χ3n) is 8.90. The lowest BCUT2D eigenvalue weighted by molar-refractivity contribution is -0.380. The van der Waals surface area contributed by atoms with Gasteiger partial charge in [-0.25, -0.2) is 4.79 Å². The summed E-state index contributed by atoms with van der Waals surface area (Å²) in [4.78, 5) is 12.3. The number of ether oxygens (including phenoxy) is 9. The Kier molecular flexibility index (Phi) is 13.8. The van der Waals surface area contributed by atoms with Crippen LogP contribution >= 0.6 is 0 Å². The van der Waals surface area contributed by atoms with E-state index in [1.54, 1.807) is 0 Å². The molecular formula is C31H44O21. The SMILES string of the molecule is COc1cc(C=CC(=O)OC[C@@H]2O[C@H](O)[C@H](O[C@@H]3OC[C@@H](O)[C@H](O)[C@H]3O[C@@H]3O[C@@H](CO)[C@@H](O)[C@@H](O[C@H]4OC[C@@H](O)[C@H](O)[C@H]4O)[C@@H]3O)[C@H]2O)ccc1O. The normalized spacial score (nSPS) is 42.7. The van der Waals surface area contributed by atoms with Gasteiger partial charge in [0.25, 0.3) is 0 Å². The van der Waals surface area contributed by atoms with Crippen LogP contribution in [0.5, 0.6) is 11.5 Å². The molecule has 17 atom stereocenters. The third kappa shape index (κ3) is 8.99. The molecule has 4 aliphatic rings. The van der Waals surface area contributed by atoms with E-state index in [0.29, 0.717) is 5.56 Å². The zero-order valence-electron chi connectivity index (χ0n) is 27.5. The van der Waals surface area contributed by atoms with Crippen LogP contribution in [0.3, 0.4) is 0 Å². The summed E-state index contributed by atoms with van der Waals surface area (Å²) in [5.41, 5.74) is 0.499. The summed E-state index contributed by atoms with van der Waals surface area (Å²) in [5, 5.41) is 114. The summed E-state index contributed by atoms with van der Waals surface area (Å²) in [6.45, 7) is -2.38. The van der Waals surface area contributed by atoms with E-state index in [0.717, 1.165) is 6.08 Å². The zero-order chi connectivity index (χ0) is 37.9. The number of rotatable bonds is 12. The lowest BCUT2D eigenvalue weighted by atomic mass is 9.97. The maximum absolute atomic E-state index is 12.3. The highest BCUT2D eigenvalue weighted by Crippen LogP contribution is 2.33. The Labute approximate surface area is 295 Å². The van der Waals surface area contributed by atoms with Gasteiger partial charge in [0, 0.05) is 6.08 Å². The van der Waals surface area contributed by atoms with E-state index in [9.17, 15) is 61.0 Å². The molecule has 294 valence electrons. The molecule has 21 heteroatoms. The molecule has 0 bridgehead atoms. The molecule has 4 fully saturated rings. The third-order valence-corrected chi connectivity index (χ3v) is 8.90. The van der Waals surface area contributed by atoms with Crippen molar-refractivity contribution in [2.24, 2.45) is 0 Å². The van der Waals surface area contributed by atoms with Gasteiger partial charge in [-0.3, -0.25) is 0 Å². The molecule has 1 aromatic carbocycles. The molecule has 52 heavy (non-hydrogen) atoms. The summed E-state index contributed by atoms with van der Waals surface area (Å²) in [6.07, 6.45) is -26.2. The highest BCUT2D eigenvalue weighted by molar-refractivity contribution is 5.87. The van der Waals surface area contributed by atoms with Crippen molar-refractivity contribution in [3.63, 3.8) is 0 Å². The van der Waals surface area contributed by atoms with Crippen LogP contribution in [-0.2, 0) is 42.7 Å². The van der Waals surface area contributed by atoms with Crippen molar-refractivity contribution in [2.45, 2.75) is 105 Å². The second-order valence-electron chi connectivity index (χ2n) is 12.5. The van der Waals surface area contributed by atoms with E-state index in [1.165, 1.54) is 31.4 Å². The number of aliphatic hydroxyl groups excluding tert-OH is 10. The van der Waals surface area contributed by atoms with Gasteiger partial charge in [-0.15, -0.1) is 0 Å². The molecule has 4 saturated heterocycles. The van der Waals surface area contributed by atoms with Crippen molar-refractivity contribution in [3.05, 3.63) is 29.8 Å². The minimum absolute atomic E-state index is 0.0996. The van der Waals surface area contributed by atoms with Gasteiger partial charge in [0.15, 0.2) is 36.7 Å². The van der Waals surface area contributed by atoms with Crippen LogP contribution in [0, 0.1) is 0 Å². The van der Waals surface area contributed by atoms with Gasteiger partial charge in [0.05, 0.1) is 26.9 Å². The number of hydrogen-bond donors (Lipinski definition) is 11. The Balaban J connectivity index is 1.22. The maximum Gasteiger partial charge on any atom is 0.330 e. The van der Waals surface area contributed by atoms with Crippen molar-refractivity contribution in [1.82, 2.24) is 0 Å². The predicted molar refractivity (Wildman–Crippen MR) is 163 cm³/mol. The summed E-state index contributed by atoms with van der Waals surface area (Å²) < 4.78 is 48.6. The Morgan fingerprint density at radius 2 is 1.38 bits per heavy atom. The van der Waals surface area contributed by atoms with Crippen LogP contribution in [0.1, 0.15) is 5.56 Å². The molecule has 4 heterocycles. The summed E-state index contributed by atoms with van der Waals surface area (Å²) in [6, 6.07) is 4.35. The molecule has 21 nitrogen and oxygen atoms in total. The monoisotopic (exact) mass is 752 g/mol. The second kappa shape index (κ2) is 17.7. The van der Waals surface area contributed by atoms with Crippen LogP contribution in [-0.4, -0.2) is 200 Å². The van der Waals surface area contributed by atoms with E-state index in [4.69, 9.17) is 42.6 Å². The van der Waals surface area contributed by atoms with Crippen LogP contribution in [0.4, 0.5) is 0 Å². The molecule has 4 aliphatic heterocycles. The summed E-state index contributed by atoms with van der Waals surface area (Å²) in [5.74, 6) is -0.768. The number of phenols is 1. The fourth-order valence-electron chi connectivity index (χ4n) is 5.90. The minimum atomic E-state index is -1.96. The number of methoxy groups -OCH3 is 1. The maximum atomic E-state index is 12.3. The Morgan fingerprint density at radius 3 is 2.08 bits per heavy atom. The quantitative estimate of drug-likeness (QED) is 0.0699. The number of hydrogen-bond acceptors (Lipinski definition) is 21. The molecule has 0 amide bonds. The molecule has 1 aromatic rings. The average molecular weight is 753 g/mol. The van der Waals surface area contributed by atoms with Crippen molar-refractivity contribution in [1.29, 1.82) is 0 Å². The Morgan fingerprint density at radius 1 is 0.750 bits per heavy atom. The molecule has 0 unspecified atom stereocenters. The summed E-state index contributed by atoms with van der Waals surface area (Å²) >= 11 is 0. The lowest BCUT2D eigenvalue weighted by Gasteiger charge is -2.47. The van der Waals surface area contributed by atoms with Crippen LogP contribution in [0.15, 0.2) is 24.3 Å². The number of carbonyl (C=O) groups excluding carboxylic acids is 1. The second-order valence-corrected chi connectivity index (χ2v) is 12.5. The summed E-state index contributed by atoms with van der Waals surface area (Å²) in [7, 11) is 1.36. The standard InChI is InChI=1S/C31H44O21/c1-44-15-6-11(2-4-12(15)33)3-5-18(36)45-10-17-22(40)26(28(43)48-17)51-31-27(20(38)14(35)9-47-31)52-30-24(42)25(21(39)16(7-32)49-30)50-29-23(41)19(37)13(34)8-46-29/h2-6,13-14,16-17,19-35,37-43H,7-10H2,1H3/t13-,14-,16+,17+,19+,20+,21-,22+,23-,24+,25-,26-,27-,28+,29-,30+,31+/m1/s1. The highest BCUT2D eigenvalue weighted by atomic mass is 16.8. The molecule has 0 spiro atoms. The first kappa shape index (κ1) is 40.5. The molecule has 0 aliphatic carbocycles. The van der Waals surface area contributed by atoms with Crippen LogP contribution in [0.25, 0.3) is 6.08 Å². The van der Waals surface area contributed by atoms with Gasteiger partial charge in [0.2, 0.25) is 0 Å². The van der Waals surface area contributed by atoms with E-state index < -0.39 is 137 Å². The number of carbonyl (C=O) groups is 1. The largest absolute Gasteiger partial charge is 0.504 e. The van der Waals surface area contributed by atoms with Crippen molar-refractivity contribution < 1.29 is 104 Å². The van der Waals surface area contributed by atoms with Crippen molar-refractivity contribution >= 4 is 12.0 Å². The fourth-order valence-corrected chi connectivity index (χ4v) is 5.90. The van der Waals surface area contributed by atoms with Gasteiger partial charge in [-0.1, -0.05) is 6.07 Å². The predicted octanol–water partition coefficient (Wildman–Crippen LogP) is -5.85. The average Bonchev–Trinajstić information content (AvgIpc) is 3.39. The fraction of sp³-hybridized carbons (Fsp3) is 0.710. The van der Waals surface area contributed by atoms with Gasteiger partial charge < -0.3 is 98.8 Å². The van der Waals surface area contributed by atoms with Gasteiger partial charge >= 0.3 is 5.97 Å². The van der Waals surface area contributed by atoms with Gasteiger partial charge in [-0.2, -0.15) is 0 Å². The molecule has 11 N–H and O–H groups in total. The number of benzene rings is 1. The smallest absolute Gasteiger partial charge is 0.330 e. The first-order valence-corrected chi connectivity index (χ1v) is 16.2. The van der Waals surface area contributed by atoms with Gasteiger partial charge in [0.1, 0.15) is 86.0 Å². The number of aliphatic hydroxyl groups is 10. The van der Waals surface area contributed by atoms with E-state index >= 15 is 0 Å². The lowest BCUT2D eigenvalue weighted by Crippen LogP contribution is -2.65. The Hall–Kier alpha value is -2.65. The Bertz CT molecular complexity index is 1350. The molecular weight excluding hydrogens is 708 g/mol. The first-order chi connectivity index (χ1) is 24.7. The van der Waals surface area contributed by atoms with Crippen LogP contribution < -0.4 is 4.74 Å². The van der Waals surface area contributed by atoms with E-state index in [2.05, 4.69) is 0 Å². The van der Waals surface area contributed by atoms with E-state index in [-0.39, 0.29) is 11.5 Å². The minimum Gasteiger partial charge on any atom is -0.504 e. The van der Waals surface area contributed by atoms with Crippen LogP contribution in [0.2, 0.25) is 0 Å². The highest BCUT2D eigenvalue weighted by Gasteiger charge is 2.53. The molecule has 0 saturated carbocycles. The molecule has 0 radical (unpaired) electrons. The number of phenolic OH excluding ortho intramolecular Hbond substituents is 1. The van der Waals surface area contributed by atoms with Crippen molar-refractivity contribution in [2.75, 3.05) is 33.5 Å². The van der Waals surface area contributed by atoms with E-state index in [1.807, 2.05) is 0 Å². The topological polar surface area (TPSA) is 323 Å². The van der Waals surface area contributed by atoms with Gasteiger partial charge in [-0.05, 0) is 23.8 Å². The first-order valence-electron chi connectivity index (χ1n) is 16.2. The zero-order valence-corrected chi connectivity index (χ0v) is 27.5. The molecule has 5 rings (SSSR count).